The maximum atomic E-state index is 14.3. The van der Waals surface area contributed by atoms with Crippen LogP contribution in [-0.2, 0) is 55.1 Å². The Morgan fingerprint density at radius 2 is 0.570 bits per heavy atom. The van der Waals surface area contributed by atoms with Crippen LogP contribution in [-0.4, -0.2) is 29.9 Å². The molecule has 0 radical (unpaired) electrons. The Kier molecular flexibility index (Phi) is 31.5. The Hall–Kier alpha value is -13.7. The number of aromatic nitrogens is 12. The lowest BCUT2D eigenvalue weighted by atomic mass is 9.93. The molecule has 0 aliphatic heterocycles. The van der Waals surface area contributed by atoms with Gasteiger partial charge in [-0.3, -0.25) is 0 Å². The number of fused-ring (bicyclic) bond motifs is 6. The second-order valence-electron chi connectivity index (χ2n) is 42.8. The number of benzene rings is 12. The van der Waals surface area contributed by atoms with Crippen LogP contribution in [0.5, 0.6) is 0 Å². The number of halogens is 6. The third-order valence-electron chi connectivity index (χ3n) is 32.1. The van der Waals surface area contributed by atoms with E-state index in [0.717, 1.165) is 203 Å². The molecule has 0 bridgehead atoms. The van der Waals surface area contributed by atoms with Crippen molar-refractivity contribution in [1.82, 2.24) is 29.9 Å². The molecule has 21 rings (SSSR count). The first-order chi connectivity index (χ1) is 72.7. The van der Waals surface area contributed by atoms with E-state index in [1.165, 1.54) is 118 Å². The maximum absolute atomic E-state index is 14.3. The zero-order chi connectivity index (χ0) is 110. The molecule has 6 aromatic heterocycles. The molecule has 768 valence electrons. The van der Waals surface area contributed by atoms with Gasteiger partial charge in [-0.25, -0.2) is 53.7 Å². The summed E-state index contributed by atoms with van der Waals surface area (Å²) in [4.78, 5) is 27.6. The van der Waals surface area contributed by atoms with Crippen LogP contribution < -0.4 is 27.4 Å². The van der Waals surface area contributed by atoms with Gasteiger partial charge in [-0.1, -0.05) is 129 Å². The third-order valence-corrected chi connectivity index (χ3v) is 32.1. The summed E-state index contributed by atoms with van der Waals surface area (Å²) in [5.41, 5.74) is 38.0. The van der Waals surface area contributed by atoms with E-state index in [4.69, 9.17) is 5.48 Å². The molecule has 3 aliphatic carbocycles. The average molecular weight is 2010 g/mol. The molecule has 12 aromatic carbocycles. The van der Waals surface area contributed by atoms with Gasteiger partial charge in [0.2, 0.25) is 0 Å². The molecular weight excluding hydrogens is 1860 g/mol. The first-order valence-electron chi connectivity index (χ1n) is 54.9. The summed E-state index contributed by atoms with van der Waals surface area (Å²) in [7, 11) is 11.9. The lowest BCUT2D eigenvalue weighted by molar-refractivity contribution is -0.662. The number of rotatable bonds is 14. The summed E-state index contributed by atoms with van der Waals surface area (Å²) in [5.74, 6) is 0.0881. The summed E-state index contributed by atoms with van der Waals surface area (Å²) in [6.07, 6.45) is 30.2. The Bertz CT molecular complexity index is 8240. The highest BCUT2D eigenvalue weighted by molar-refractivity contribution is 5.97. The third kappa shape index (κ3) is 22.5. The van der Waals surface area contributed by atoms with E-state index < -0.39 is 12.7 Å². The smallest absolute Gasteiger partial charge is 0.232 e. The topological polar surface area (TPSA) is 101 Å². The highest BCUT2D eigenvalue weighted by Gasteiger charge is 2.31. The monoisotopic (exact) mass is 2010 g/mol. The second kappa shape index (κ2) is 45.8. The molecule has 149 heavy (non-hydrogen) atoms. The molecule has 0 spiro atoms. The van der Waals surface area contributed by atoms with Crippen molar-refractivity contribution in [2.45, 2.75) is 265 Å². The molecule has 1 atom stereocenters. The van der Waals surface area contributed by atoms with Crippen LogP contribution >= 0.6 is 0 Å². The Labute approximate surface area is 883 Å². The van der Waals surface area contributed by atoms with Crippen LogP contribution in [0.3, 0.4) is 0 Å². The van der Waals surface area contributed by atoms with E-state index >= 15 is 0 Å². The van der Waals surface area contributed by atoms with Gasteiger partial charge in [-0.15, -0.1) is 0 Å². The summed E-state index contributed by atoms with van der Waals surface area (Å²) >= 11 is 0. The van der Waals surface area contributed by atoms with Crippen LogP contribution in [0.25, 0.3) is 133 Å². The molecule has 0 saturated heterocycles. The van der Waals surface area contributed by atoms with Gasteiger partial charge in [0.15, 0.2) is 33.1 Å². The summed E-state index contributed by atoms with van der Waals surface area (Å²) in [5, 5.41) is 6.40. The van der Waals surface area contributed by atoms with Crippen molar-refractivity contribution in [2.75, 3.05) is 0 Å². The molecule has 18 aromatic rings. The molecular formula is C131H148F6N12+6. The second-order valence-corrected chi connectivity index (χ2v) is 42.8. The Balaban J connectivity index is 0.000000130. The first-order valence-corrected chi connectivity index (χ1v) is 52.9. The maximum Gasteiger partial charge on any atom is 0.287 e. The van der Waals surface area contributed by atoms with Crippen LogP contribution in [0.15, 0.2) is 196 Å². The first kappa shape index (κ1) is 102. The van der Waals surface area contributed by atoms with Crippen LogP contribution in [0.2, 0.25) is 0 Å². The Morgan fingerprint density at radius 1 is 0.295 bits per heavy atom. The van der Waals surface area contributed by atoms with E-state index in [-0.39, 0.29) is 34.9 Å². The van der Waals surface area contributed by atoms with Crippen LogP contribution in [0.1, 0.15) is 270 Å². The van der Waals surface area contributed by atoms with Crippen molar-refractivity contribution in [3.63, 3.8) is 0 Å². The predicted molar refractivity (Wildman–Crippen MR) is 596 cm³/mol. The van der Waals surface area contributed by atoms with Gasteiger partial charge >= 0.3 is 0 Å². The molecule has 3 saturated carbocycles. The van der Waals surface area contributed by atoms with Crippen molar-refractivity contribution >= 4 is 65.4 Å². The highest BCUT2D eigenvalue weighted by atomic mass is 19.1. The van der Waals surface area contributed by atoms with Gasteiger partial charge < -0.3 is 0 Å². The van der Waals surface area contributed by atoms with Gasteiger partial charge in [-0.05, 0) is 452 Å². The minimum atomic E-state index is -2.45. The fourth-order valence-electron chi connectivity index (χ4n) is 22.7. The van der Waals surface area contributed by atoms with Gasteiger partial charge in [0.05, 0.1) is 74.6 Å². The zero-order valence-electron chi connectivity index (χ0n) is 96.0. The predicted octanol–water partition coefficient (Wildman–Crippen LogP) is 30.4. The molecule has 18 heteroatoms. The molecule has 1 unspecified atom stereocenters. The minimum Gasteiger partial charge on any atom is -0.232 e. The van der Waals surface area contributed by atoms with Crippen molar-refractivity contribution in [3.8, 4) is 67.5 Å². The Morgan fingerprint density at radius 3 is 0.886 bits per heavy atom. The van der Waals surface area contributed by atoms with Gasteiger partial charge in [-0.2, -0.15) is 0 Å². The highest BCUT2D eigenvalue weighted by Crippen LogP contribution is 2.44. The van der Waals surface area contributed by atoms with Gasteiger partial charge in [0, 0.05) is 38.9 Å². The number of hydrogen-bond donors (Lipinski definition) is 0. The normalized spacial score (nSPS) is 14.2. The quantitative estimate of drug-likeness (QED) is 0.0794. The van der Waals surface area contributed by atoms with Crippen LogP contribution in [0, 0.1) is 152 Å². The summed E-state index contributed by atoms with van der Waals surface area (Å²) in [6.45, 7) is 35.6. The standard InChI is InChI=1S/C24H28FN2.2C23H26FN2.2C21H24FN2.C19H20FN2/c1-15-11-21(16(2)17(3)23(15)25)24-20-10-9-19(12-18-7-5-6-8-18)13-22(20)26-14-27(24)4;2*1-14-11-20(15(2)16(3)22(14)24)23-19-10-9-18(17-7-5-6-8-17)12-21(19)25-13-26(23)4;2*1-12(2)16-7-8-17-19(10-16)23-11-24(6)21(17)18-9-13(3)20(22)15(5)14(18)4;1-4-5-14-6-8-17-18(11-14)21-12-22(3)19(17)16-9-7-15(20)10-13(16)2/h9-11,13-14,18H,5-8,12H2,1-4H3;2*9-13,17H,5-8H2,1-4H3;2*7-12H,1-6H3;6-12H,4-5H2,1-3H3/q6*+1/i;;;1D3,12D;;. The molecule has 0 amide bonds. The fraction of sp³-hybridized carbons (Fsp3) is 0.359. The molecule has 6 heterocycles. The lowest BCUT2D eigenvalue weighted by Crippen LogP contribution is -2.32. The van der Waals surface area contributed by atoms with E-state index in [2.05, 4.69) is 155 Å². The van der Waals surface area contributed by atoms with E-state index in [1.807, 2.05) is 221 Å². The SMILES string of the molecule is CCCc1ccc2c(-c3ccc(F)cc3C)[n+](C)cnc2c1.Cc1cc(-c2c3ccc(C(C)C)cc3nc[n+]2C)c(C)c(C)c1F.Cc1cc(-c2c3ccc(C4CCCC4)cc3nc[n+]2C)c(C)c(C)c1F.Cc1cc(-c2c3ccc(C4CCCC4)cc3nc[n+]2C)c(C)c(C)c1F.Cc1cc(-c2c3ccc(CC4CCCC4)cc3nc[n+]2C)c(C)c(C)c1F.[2H]C([2H])([2H])C([2H])(C)c1ccc2c(-c3cc(C)c(F)c(C)c3C)[n+](C)cnc2c1. The van der Waals surface area contributed by atoms with Gasteiger partial charge in [0.25, 0.3) is 38.0 Å². The summed E-state index contributed by atoms with van der Waals surface area (Å²) < 4.78 is 128. The van der Waals surface area contributed by atoms with E-state index in [9.17, 15) is 26.3 Å². The molecule has 3 aliphatic rings. The fourth-order valence-corrected chi connectivity index (χ4v) is 22.7. The summed E-state index contributed by atoms with van der Waals surface area (Å²) in [6, 6.07) is 52.8. The van der Waals surface area contributed by atoms with Crippen LogP contribution in [0.4, 0.5) is 26.3 Å². The van der Waals surface area contributed by atoms with Crippen molar-refractivity contribution < 1.29 is 59.2 Å². The largest absolute Gasteiger partial charge is 0.287 e. The average Bonchev–Trinajstić information content (AvgIpc) is 1.11. The van der Waals surface area contributed by atoms with Gasteiger partial charge in [0.1, 0.15) is 69.1 Å². The van der Waals surface area contributed by atoms with E-state index in [1.54, 1.807) is 44.4 Å². The minimum absolute atomic E-state index is 0.101. The van der Waals surface area contributed by atoms with Crippen molar-refractivity contribution in [3.05, 3.63) is 353 Å². The molecule has 3 fully saturated rings. The number of nitrogens with zero attached hydrogens (tertiary/aromatic N) is 12. The number of hydrogen-bond acceptors (Lipinski definition) is 6. The van der Waals surface area contributed by atoms with Crippen molar-refractivity contribution in [1.29, 1.82) is 0 Å². The van der Waals surface area contributed by atoms with Crippen molar-refractivity contribution in [2.24, 2.45) is 48.2 Å². The molecule has 0 N–H and O–H groups in total. The lowest BCUT2D eigenvalue weighted by Gasteiger charge is -2.14. The zero-order valence-corrected chi connectivity index (χ0v) is 92.0. The molecule has 12 nitrogen and oxygen atoms in total. The number of aryl methyl sites for hydroxylation is 13. The van der Waals surface area contributed by atoms with E-state index in [0.29, 0.717) is 67.8 Å².